The fraction of sp³-hybridized carbons (Fsp3) is 0.696. The molecule has 0 radical (unpaired) electrons. The number of carbonyl (C=O) groups excluding carboxylic acids is 1. The lowest BCUT2D eigenvalue weighted by atomic mass is 9.63. The van der Waals surface area contributed by atoms with Crippen LogP contribution in [-0.4, -0.2) is 16.5 Å². The van der Waals surface area contributed by atoms with Crippen LogP contribution in [0.5, 0.6) is 0 Å². The summed E-state index contributed by atoms with van der Waals surface area (Å²) < 4.78 is 0. The van der Waals surface area contributed by atoms with Crippen LogP contribution in [0.2, 0.25) is 0 Å². The first-order chi connectivity index (χ1) is 11.9. The van der Waals surface area contributed by atoms with Crippen molar-refractivity contribution in [2.24, 2.45) is 35.0 Å². The van der Waals surface area contributed by atoms with Gasteiger partial charge in [-0.3, -0.25) is 4.79 Å². The Kier molecular flexibility index (Phi) is 5.12. The second kappa shape index (κ2) is 6.87. The van der Waals surface area contributed by atoms with E-state index in [4.69, 9.17) is 0 Å². The number of hydrogen-bond acceptors (Lipinski definition) is 2. The van der Waals surface area contributed by atoms with Gasteiger partial charge in [0, 0.05) is 5.92 Å². The molecule has 25 heavy (non-hydrogen) atoms. The predicted octanol–water partition coefficient (Wildman–Crippen LogP) is 5.09. The van der Waals surface area contributed by atoms with E-state index >= 15 is 0 Å². The standard InChI is InChI=1S/C23H34O2/c1-5-7-8-9-10-14-22(3,25)23(4)18(11-6-2)19-16-12-13-17(15-16)20(19)21(23)24/h6,10,12-14,16-20,25H,2,5,7-9,11,15H2,1,3-4H3/b14-10+/t16-,17+,18+,19+,20+,22+,23-/m1/s1. The summed E-state index contributed by atoms with van der Waals surface area (Å²) in [6, 6.07) is 0. The number of aliphatic hydroxyl groups is 1. The van der Waals surface area contributed by atoms with Gasteiger partial charge in [-0.1, -0.05) is 50.1 Å². The number of fused-ring (bicyclic) bond motifs is 5. The van der Waals surface area contributed by atoms with E-state index in [0.717, 1.165) is 25.7 Å². The smallest absolute Gasteiger partial charge is 0.146 e. The van der Waals surface area contributed by atoms with Gasteiger partial charge in [-0.05, 0) is 63.2 Å². The van der Waals surface area contributed by atoms with Gasteiger partial charge in [0.1, 0.15) is 5.78 Å². The molecule has 2 fully saturated rings. The summed E-state index contributed by atoms with van der Waals surface area (Å²) in [5, 5.41) is 11.4. The molecule has 0 saturated heterocycles. The van der Waals surface area contributed by atoms with Crippen LogP contribution in [0.25, 0.3) is 0 Å². The molecule has 0 amide bonds. The van der Waals surface area contributed by atoms with Gasteiger partial charge < -0.3 is 5.11 Å². The van der Waals surface area contributed by atoms with Gasteiger partial charge in [0.05, 0.1) is 11.0 Å². The highest BCUT2D eigenvalue weighted by Crippen LogP contribution is 2.65. The molecule has 0 aromatic heterocycles. The van der Waals surface area contributed by atoms with Gasteiger partial charge in [0.2, 0.25) is 0 Å². The highest BCUT2D eigenvalue weighted by atomic mass is 16.3. The summed E-state index contributed by atoms with van der Waals surface area (Å²) in [6.07, 6.45) is 16.9. The fourth-order valence-electron chi connectivity index (χ4n) is 5.89. The van der Waals surface area contributed by atoms with E-state index in [1.54, 1.807) is 0 Å². The zero-order valence-corrected chi connectivity index (χ0v) is 16.1. The Bertz CT molecular complexity index is 585. The van der Waals surface area contributed by atoms with Crippen molar-refractivity contribution < 1.29 is 9.90 Å². The van der Waals surface area contributed by atoms with Crippen molar-refractivity contribution in [1.82, 2.24) is 0 Å². The lowest BCUT2D eigenvalue weighted by molar-refractivity contribution is -0.142. The number of hydrogen-bond donors (Lipinski definition) is 1. The summed E-state index contributed by atoms with van der Waals surface area (Å²) in [5.74, 6) is 1.84. The summed E-state index contributed by atoms with van der Waals surface area (Å²) in [4.78, 5) is 13.5. The Morgan fingerprint density at radius 1 is 1.36 bits per heavy atom. The molecule has 3 rings (SSSR count). The van der Waals surface area contributed by atoms with Crippen LogP contribution < -0.4 is 0 Å². The van der Waals surface area contributed by atoms with Crippen molar-refractivity contribution in [3.8, 4) is 0 Å². The molecule has 2 bridgehead atoms. The van der Waals surface area contributed by atoms with Gasteiger partial charge in [-0.15, -0.1) is 6.58 Å². The van der Waals surface area contributed by atoms with Crippen LogP contribution in [0.1, 0.15) is 59.3 Å². The number of Topliss-reactive ketones (excluding diaryl/α,β-unsaturated/α-hetero) is 1. The molecule has 2 saturated carbocycles. The molecule has 7 atom stereocenters. The number of unbranched alkanes of at least 4 members (excludes halogenated alkanes) is 3. The lowest BCUT2D eigenvalue weighted by Crippen LogP contribution is -2.51. The Hall–Kier alpha value is -1.15. The number of ketones is 1. The van der Waals surface area contributed by atoms with Crippen LogP contribution in [0.4, 0.5) is 0 Å². The second-order valence-electron chi connectivity index (χ2n) is 8.79. The molecule has 0 aliphatic heterocycles. The highest BCUT2D eigenvalue weighted by molar-refractivity contribution is 5.92. The fourth-order valence-corrected chi connectivity index (χ4v) is 5.89. The van der Waals surface area contributed by atoms with E-state index in [0.29, 0.717) is 17.8 Å². The van der Waals surface area contributed by atoms with Crippen molar-refractivity contribution in [3.63, 3.8) is 0 Å². The summed E-state index contributed by atoms with van der Waals surface area (Å²) >= 11 is 0. The minimum atomic E-state index is -1.10. The Labute approximate surface area is 153 Å². The van der Waals surface area contributed by atoms with Crippen molar-refractivity contribution in [3.05, 3.63) is 37.0 Å². The molecule has 0 unspecified atom stereocenters. The average Bonchev–Trinajstić information content (AvgIpc) is 3.24. The van der Waals surface area contributed by atoms with E-state index < -0.39 is 11.0 Å². The zero-order chi connectivity index (χ0) is 18.2. The molecule has 2 heteroatoms. The van der Waals surface area contributed by atoms with Crippen molar-refractivity contribution in [1.29, 1.82) is 0 Å². The van der Waals surface area contributed by atoms with Crippen LogP contribution in [-0.2, 0) is 4.79 Å². The van der Waals surface area contributed by atoms with Crippen LogP contribution in [0, 0.1) is 35.0 Å². The lowest BCUT2D eigenvalue weighted by Gasteiger charge is -2.43. The second-order valence-corrected chi connectivity index (χ2v) is 8.79. The third kappa shape index (κ3) is 2.77. The SMILES string of the molecule is C=CC[C@H]1[C@H]2[C@@H](C(=O)[C@]1(C)[C@@](C)(O)/C=C/CCCCC)[C@H]1C=C[C@@H]2C1. The van der Waals surface area contributed by atoms with Crippen molar-refractivity contribution in [2.45, 2.75) is 64.9 Å². The van der Waals surface area contributed by atoms with Gasteiger partial charge in [-0.25, -0.2) is 0 Å². The third-order valence-electron chi connectivity index (χ3n) is 7.43. The van der Waals surface area contributed by atoms with Crippen molar-refractivity contribution in [2.75, 3.05) is 0 Å². The monoisotopic (exact) mass is 342 g/mol. The minimum absolute atomic E-state index is 0.102. The predicted molar refractivity (Wildman–Crippen MR) is 103 cm³/mol. The van der Waals surface area contributed by atoms with Crippen LogP contribution >= 0.6 is 0 Å². The third-order valence-corrected chi connectivity index (χ3v) is 7.43. The van der Waals surface area contributed by atoms with E-state index in [9.17, 15) is 9.90 Å². The summed E-state index contributed by atoms with van der Waals surface area (Å²) in [6.45, 7) is 9.99. The quantitative estimate of drug-likeness (QED) is 0.492. The Morgan fingerprint density at radius 3 is 2.76 bits per heavy atom. The topological polar surface area (TPSA) is 37.3 Å². The molecule has 0 aromatic carbocycles. The first kappa shape index (κ1) is 18.6. The first-order valence-electron chi connectivity index (χ1n) is 10.1. The van der Waals surface area contributed by atoms with Crippen molar-refractivity contribution >= 4 is 5.78 Å². The first-order valence-corrected chi connectivity index (χ1v) is 10.1. The molecule has 0 heterocycles. The van der Waals surface area contributed by atoms with E-state index in [2.05, 4.69) is 31.7 Å². The average molecular weight is 343 g/mol. The molecular formula is C23H34O2. The summed E-state index contributed by atoms with van der Waals surface area (Å²) in [5.41, 5.74) is -1.82. The van der Waals surface area contributed by atoms with E-state index in [1.165, 1.54) is 12.8 Å². The number of carbonyl (C=O) groups is 1. The molecular weight excluding hydrogens is 308 g/mol. The summed E-state index contributed by atoms with van der Waals surface area (Å²) in [7, 11) is 0. The van der Waals surface area contributed by atoms with Gasteiger partial charge in [-0.2, -0.15) is 0 Å². The largest absolute Gasteiger partial charge is 0.385 e. The molecule has 0 spiro atoms. The maximum atomic E-state index is 13.5. The van der Waals surface area contributed by atoms with E-state index in [-0.39, 0.29) is 17.6 Å². The maximum absolute atomic E-state index is 13.5. The van der Waals surface area contributed by atoms with Gasteiger partial charge >= 0.3 is 0 Å². The van der Waals surface area contributed by atoms with Crippen LogP contribution in [0.15, 0.2) is 37.0 Å². The highest BCUT2D eigenvalue weighted by Gasteiger charge is 2.68. The molecule has 138 valence electrons. The molecule has 0 aromatic rings. The van der Waals surface area contributed by atoms with E-state index in [1.807, 2.05) is 26.0 Å². The Balaban J connectivity index is 1.87. The molecule has 2 nitrogen and oxygen atoms in total. The van der Waals surface area contributed by atoms with Gasteiger partial charge in [0.15, 0.2) is 0 Å². The molecule has 3 aliphatic rings. The Morgan fingerprint density at radius 2 is 2.08 bits per heavy atom. The maximum Gasteiger partial charge on any atom is 0.146 e. The normalized spacial score (nSPS) is 41.4. The van der Waals surface area contributed by atoms with Crippen LogP contribution in [0.3, 0.4) is 0 Å². The molecule has 3 aliphatic carbocycles. The zero-order valence-electron chi connectivity index (χ0n) is 16.1. The minimum Gasteiger partial charge on any atom is -0.385 e. The number of allylic oxidation sites excluding steroid dienone is 4. The number of rotatable bonds is 8. The van der Waals surface area contributed by atoms with Gasteiger partial charge in [0.25, 0.3) is 0 Å². The molecule has 1 N–H and O–H groups in total.